The van der Waals surface area contributed by atoms with Crippen LogP contribution in [0.2, 0.25) is 5.02 Å². The summed E-state index contributed by atoms with van der Waals surface area (Å²) in [5.41, 5.74) is 5.95. The lowest BCUT2D eigenvalue weighted by Crippen LogP contribution is -2.20. The third kappa shape index (κ3) is 5.08. The molecule has 1 N–H and O–H groups in total. The van der Waals surface area contributed by atoms with E-state index in [1.165, 1.54) is 12.8 Å². The normalized spacial score (nSPS) is 15.0. The monoisotopic (exact) mass is 385 g/mol. The Bertz CT molecular complexity index is 828. The van der Waals surface area contributed by atoms with Gasteiger partial charge in [0.2, 0.25) is 0 Å². The molecular weight excluding hydrogens is 362 g/mol. The zero-order valence-corrected chi connectivity index (χ0v) is 16.4. The molecule has 0 spiro atoms. The fourth-order valence-electron chi connectivity index (χ4n) is 3.17. The van der Waals surface area contributed by atoms with Crippen LogP contribution >= 0.6 is 11.6 Å². The lowest BCUT2D eigenvalue weighted by Gasteiger charge is -2.17. The molecule has 1 amide bonds. The second kappa shape index (κ2) is 9.02. The van der Waals surface area contributed by atoms with Crippen molar-refractivity contribution in [3.8, 4) is 5.75 Å². The van der Waals surface area contributed by atoms with E-state index in [-0.39, 0.29) is 5.91 Å². The molecule has 0 atom stereocenters. The molecule has 0 saturated carbocycles. The molecule has 1 aliphatic heterocycles. The smallest absolute Gasteiger partial charge is 0.271 e. The van der Waals surface area contributed by atoms with Gasteiger partial charge in [-0.15, -0.1) is 0 Å². The molecule has 2 aromatic carbocycles. The Balaban J connectivity index is 1.72. The maximum absolute atomic E-state index is 12.2. The number of carbonyl (C=O) groups is 1. The minimum atomic E-state index is -0.267. The van der Waals surface area contributed by atoms with E-state index in [2.05, 4.69) is 21.5 Å². The highest BCUT2D eigenvalue weighted by atomic mass is 35.5. The molecular formula is C21H24ClN3O2. The average molecular weight is 386 g/mol. The number of carbonyl (C=O) groups excluding carboxylic acids is 1. The lowest BCUT2D eigenvalue weighted by molar-refractivity contribution is 0.0955. The van der Waals surface area contributed by atoms with Crippen molar-refractivity contribution < 1.29 is 9.53 Å². The third-order valence-electron chi connectivity index (χ3n) is 4.72. The maximum Gasteiger partial charge on any atom is 0.271 e. The second-order valence-corrected chi connectivity index (χ2v) is 7.09. The zero-order valence-electron chi connectivity index (χ0n) is 15.7. The standard InChI is InChI=1S/C21H24ClN3O2/c1-15(23-24-21(26)16-5-8-19(22)9-6-16)17-7-10-20(27-2)18(13-17)14-25-11-3-4-12-25/h5-10,13H,3-4,11-12,14H2,1-2H3,(H,24,26)/b23-15-. The Morgan fingerprint density at radius 3 is 2.48 bits per heavy atom. The Morgan fingerprint density at radius 1 is 1.15 bits per heavy atom. The highest BCUT2D eigenvalue weighted by Gasteiger charge is 2.15. The van der Waals surface area contributed by atoms with Crippen molar-refractivity contribution in [3.05, 3.63) is 64.2 Å². The molecule has 5 nitrogen and oxygen atoms in total. The van der Waals surface area contributed by atoms with Crippen molar-refractivity contribution in [3.63, 3.8) is 0 Å². The Morgan fingerprint density at radius 2 is 1.81 bits per heavy atom. The van der Waals surface area contributed by atoms with E-state index in [9.17, 15) is 4.79 Å². The number of halogens is 1. The molecule has 1 heterocycles. The van der Waals surface area contributed by atoms with Gasteiger partial charge < -0.3 is 4.74 Å². The number of benzene rings is 2. The zero-order chi connectivity index (χ0) is 19.2. The topological polar surface area (TPSA) is 53.9 Å². The first-order valence-electron chi connectivity index (χ1n) is 9.06. The van der Waals surface area contributed by atoms with Crippen LogP contribution in [0.1, 0.15) is 41.3 Å². The van der Waals surface area contributed by atoms with Gasteiger partial charge in [0.05, 0.1) is 12.8 Å². The summed E-state index contributed by atoms with van der Waals surface area (Å²) in [4.78, 5) is 14.6. The van der Waals surface area contributed by atoms with Crippen molar-refractivity contribution in [2.24, 2.45) is 5.10 Å². The number of rotatable bonds is 6. The summed E-state index contributed by atoms with van der Waals surface area (Å²) in [7, 11) is 1.69. The van der Waals surface area contributed by atoms with Crippen molar-refractivity contribution >= 4 is 23.2 Å². The van der Waals surface area contributed by atoms with E-state index >= 15 is 0 Å². The van der Waals surface area contributed by atoms with Crippen LogP contribution in [-0.4, -0.2) is 36.7 Å². The van der Waals surface area contributed by atoms with E-state index < -0.39 is 0 Å². The number of hydrogen-bond acceptors (Lipinski definition) is 4. The summed E-state index contributed by atoms with van der Waals surface area (Å²) in [5, 5.41) is 4.84. The van der Waals surface area contributed by atoms with Crippen LogP contribution in [0, 0.1) is 0 Å². The molecule has 0 unspecified atom stereocenters. The van der Waals surface area contributed by atoms with Crippen molar-refractivity contribution in [1.29, 1.82) is 0 Å². The number of likely N-dealkylation sites (tertiary alicyclic amines) is 1. The highest BCUT2D eigenvalue weighted by molar-refractivity contribution is 6.30. The van der Waals surface area contributed by atoms with Crippen LogP contribution in [-0.2, 0) is 6.54 Å². The summed E-state index contributed by atoms with van der Waals surface area (Å²) in [6.45, 7) is 4.99. The van der Waals surface area contributed by atoms with Gasteiger partial charge in [0.1, 0.15) is 5.75 Å². The van der Waals surface area contributed by atoms with Crippen molar-refractivity contribution in [1.82, 2.24) is 10.3 Å². The van der Waals surface area contributed by atoms with Crippen LogP contribution < -0.4 is 10.2 Å². The van der Waals surface area contributed by atoms with Gasteiger partial charge in [-0.1, -0.05) is 11.6 Å². The van der Waals surface area contributed by atoms with Crippen LogP contribution in [0.25, 0.3) is 0 Å². The van der Waals surface area contributed by atoms with Gasteiger partial charge in [-0.25, -0.2) is 5.43 Å². The van der Waals surface area contributed by atoms with Crippen LogP contribution in [0.3, 0.4) is 0 Å². The van der Waals surface area contributed by atoms with E-state index in [4.69, 9.17) is 16.3 Å². The van der Waals surface area contributed by atoms with Gasteiger partial charge in [-0.3, -0.25) is 9.69 Å². The van der Waals surface area contributed by atoms with E-state index in [1.807, 2.05) is 19.1 Å². The van der Waals surface area contributed by atoms with E-state index in [0.717, 1.165) is 42.2 Å². The summed E-state index contributed by atoms with van der Waals surface area (Å²) in [6, 6.07) is 12.7. The molecule has 0 aromatic heterocycles. The third-order valence-corrected chi connectivity index (χ3v) is 4.97. The summed E-state index contributed by atoms with van der Waals surface area (Å²) in [6.07, 6.45) is 2.50. The largest absolute Gasteiger partial charge is 0.496 e. The summed E-state index contributed by atoms with van der Waals surface area (Å²) < 4.78 is 5.51. The first-order valence-corrected chi connectivity index (χ1v) is 9.44. The number of ether oxygens (including phenoxy) is 1. The molecule has 0 aliphatic carbocycles. The first-order chi connectivity index (χ1) is 13.1. The Labute approximate surface area is 165 Å². The van der Waals surface area contributed by atoms with Gasteiger partial charge in [0, 0.05) is 22.7 Å². The second-order valence-electron chi connectivity index (χ2n) is 6.65. The Kier molecular flexibility index (Phi) is 6.48. The van der Waals surface area contributed by atoms with Crippen molar-refractivity contribution in [2.75, 3.05) is 20.2 Å². The fraction of sp³-hybridized carbons (Fsp3) is 0.333. The van der Waals surface area contributed by atoms with Gasteiger partial charge in [0.25, 0.3) is 5.91 Å². The molecule has 0 bridgehead atoms. The van der Waals surface area contributed by atoms with Crippen LogP contribution in [0.4, 0.5) is 0 Å². The van der Waals surface area contributed by atoms with Crippen molar-refractivity contribution in [2.45, 2.75) is 26.3 Å². The molecule has 27 heavy (non-hydrogen) atoms. The average Bonchev–Trinajstić information content (AvgIpc) is 3.19. The quantitative estimate of drug-likeness (QED) is 0.601. The van der Waals surface area contributed by atoms with Gasteiger partial charge >= 0.3 is 0 Å². The lowest BCUT2D eigenvalue weighted by atomic mass is 10.1. The molecule has 142 valence electrons. The van der Waals surface area contributed by atoms with Gasteiger partial charge in [-0.05, 0) is 80.9 Å². The predicted molar refractivity (Wildman–Crippen MR) is 109 cm³/mol. The number of hydrogen-bond donors (Lipinski definition) is 1. The van der Waals surface area contributed by atoms with Crippen LogP contribution in [0.5, 0.6) is 5.75 Å². The van der Waals surface area contributed by atoms with Gasteiger partial charge in [-0.2, -0.15) is 5.10 Å². The minimum Gasteiger partial charge on any atom is -0.496 e. The van der Waals surface area contributed by atoms with Crippen LogP contribution in [0.15, 0.2) is 47.6 Å². The predicted octanol–water partition coefficient (Wildman–Crippen LogP) is 4.10. The number of amides is 1. The molecule has 1 aliphatic rings. The molecule has 2 aromatic rings. The fourth-order valence-corrected chi connectivity index (χ4v) is 3.30. The molecule has 1 saturated heterocycles. The minimum absolute atomic E-state index is 0.267. The highest BCUT2D eigenvalue weighted by Crippen LogP contribution is 2.23. The van der Waals surface area contributed by atoms with E-state index in [1.54, 1.807) is 31.4 Å². The number of methoxy groups -OCH3 is 1. The SMILES string of the molecule is COc1ccc(/C(C)=N\NC(=O)c2ccc(Cl)cc2)cc1CN1CCCC1. The first kappa shape index (κ1) is 19.4. The van der Waals surface area contributed by atoms with E-state index in [0.29, 0.717) is 10.6 Å². The molecule has 1 fully saturated rings. The summed E-state index contributed by atoms with van der Waals surface area (Å²) >= 11 is 5.85. The van der Waals surface area contributed by atoms with Gasteiger partial charge in [0.15, 0.2) is 0 Å². The molecule has 6 heteroatoms. The molecule has 0 radical (unpaired) electrons. The number of nitrogens with one attached hydrogen (secondary N) is 1. The maximum atomic E-state index is 12.2. The number of nitrogens with zero attached hydrogens (tertiary/aromatic N) is 2. The molecule has 3 rings (SSSR count). The Hall–Kier alpha value is -2.37. The summed E-state index contributed by atoms with van der Waals surface area (Å²) in [5.74, 6) is 0.612. The number of hydrazone groups is 1.